The first kappa shape index (κ1) is 7.64. The summed E-state index contributed by atoms with van der Waals surface area (Å²) in [4.78, 5) is 0. The molecule has 0 bridgehead atoms. The summed E-state index contributed by atoms with van der Waals surface area (Å²) in [6.07, 6.45) is 0. The predicted molar refractivity (Wildman–Crippen MR) is 33.5 cm³/mol. The molecule has 0 fully saturated rings. The molecule has 1 atom stereocenters. The zero-order chi connectivity index (χ0) is 5.86. The van der Waals surface area contributed by atoms with Crippen LogP contribution >= 0.6 is 18.9 Å². The van der Waals surface area contributed by atoms with Gasteiger partial charge in [0, 0.05) is 7.11 Å². The van der Waals surface area contributed by atoms with Crippen LogP contribution in [-0.2, 0) is 4.52 Å². The van der Waals surface area contributed by atoms with Gasteiger partial charge in [0.2, 0.25) is 7.65 Å². The van der Waals surface area contributed by atoms with Gasteiger partial charge in [0.15, 0.2) is 0 Å². The minimum Gasteiger partial charge on any atom is -0.335 e. The third-order valence-corrected chi connectivity index (χ3v) is 2.72. The highest BCUT2D eigenvalue weighted by Crippen LogP contribution is 2.42. The molecule has 7 heavy (non-hydrogen) atoms. The largest absolute Gasteiger partial charge is 0.335 e. The second kappa shape index (κ2) is 3.62. The molecule has 0 saturated heterocycles. The first-order chi connectivity index (χ1) is 3.18. The molecule has 44 valence electrons. The van der Waals surface area contributed by atoms with E-state index in [4.69, 9.17) is 15.8 Å². The van der Waals surface area contributed by atoms with Crippen LogP contribution in [0.15, 0.2) is 0 Å². The van der Waals surface area contributed by atoms with Crippen LogP contribution in [0.1, 0.15) is 0 Å². The molecule has 0 aliphatic heterocycles. The maximum Gasteiger partial charge on any atom is 0.205 e. The van der Waals surface area contributed by atoms with Gasteiger partial charge in [0.1, 0.15) is 0 Å². The van der Waals surface area contributed by atoms with Crippen molar-refractivity contribution in [3.8, 4) is 0 Å². The molecule has 0 radical (unpaired) electrons. The summed E-state index contributed by atoms with van der Waals surface area (Å²) in [5, 5.41) is 0. The maximum absolute atomic E-state index is 5.57. The SMILES string of the molecule is COP(Cl)N(C)C. The van der Waals surface area contributed by atoms with E-state index in [9.17, 15) is 0 Å². The van der Waals surface area contributed by atoms with Crippen LogP contribution in [-0.4, -0.2) is 25.9 Å². The van der Waals surface area contributed by atoms with E-state index in [0.29, 0.717) is 0 Å². The summed E-state index contributed by atoms with van der Waals surface area (Å²) in [7, 11) is 4.52. The minimum absolute atomic E-state index is 0.832. The maximum atomic E-state index is 5.57. The van der Waals surface area contributed by atoms with Crippen molar-refractivity contribution in [1.82, 2.24) is 4.67 Å². The van der Waals surface area contributed by atoms with Crippen LogP contribution in [0.5, 0.6) is 0 Å². The Kier molecular flexibility index (Phi) is 3.95. The van der Waals surface area contributed by atoms with Crippen molar-refractivity contribution in [2.75, 3.05) is 21.2 Å². The van der Waals surface area contributed by atoms with Crippen molar-refractivity contribution in [2.45, 2.75) is 0 Å². The Morgan fingerprint density at radius 2 is 2.00 bits per heavy atom. The van der Waals surface area contributed by atoms with E-state index in [2.05, 4.69) is 0 Å². The van der Waals surface area contributed by atoms with Crippen molar-refractivity contribution >= 4 is 18.9 Å². The summed E-state index contributed by atoms with van der Waals surface area (Å²) in [6.45, 7) is 0. The quantitative estimate of drug-likeness (QED) is 0.543. The molecule has 0 aromatic rings. The molecule has 0 heterocycles. The average molecular weight is 142 g/mol. The van der Waals surface area contributed by atoms with Crippen molar-refractivity contribution in [2.24, 2.45) is 0 Å². The Balaban J connectivity index is 3.14. The molecule has 4 heteroatoms. The van der Waals surface area contributed by atoms with Gasteiger partial charge in [-0.25, -0.2) is 0 Å². The van der Waals surface area contributed by atoms with E-state index in [1.54, 1.807) is 7.11 Å². The Bertz CT molecular complexity index is 52.2. The average Bonchev–Trinajstić information content (AvgIpc) is 1.65. The number of nitrogens with zero attached hydrogens (tertiary/aromatic N) is 1. The van der Waals surface area contributed by atoms with Crippen molar-refractivity contribution in [3.05, 3.63) is 0 Å². The summed E-state index contributed by atoms with van der Waals surface area (Å²) in [5.74, 6) is 0. The lowest BCUT2D eigenvalue weighted by Gasteiger charge is -2.12. The first-order valence-corrected chi connectivity index (χ1v) is 3.97. The molecule has 0 saturated carbocycles. The van der Waals surface area contributed by atoms with E-state index in [0.717, 1.165) is 0 Å². The Labute approximate surface area is 50.1 Å². The lowest BCUT2D eigenvalue weighted by atomic mass is 11.3. The Hall–Kier alpha value is 0.640. The van der Waals surface area contributed by atoms with Gasteiger partial charge in [-0.3, -0.25) is 4.67 Å². The molecule has 0 aliphatic carbocycles. The van der Waals surface area contributed by atoms with E-state index in [1.807, 2.05) is 18.8 Å². The lowest BCUT2D eigenvalue weighted by Crippen LogP contribution is -2.00. The van der Waals surface area contributed by atoms with Crippen LogP contribution in [0, 0.1) is 0 Å². The predicted octanol–water partition coefficient (Wildman–Crippen LogP) is 1.66. The summed E-state index contributed by atoms with van der Waals surface area (Å²) in [5.41, 5.74) is 0. The number of rotatable bonds is 2. The molecule has 0 aromatic heterocycles. The lowest BCUT2D eigenvalue weighted by molar-refractivity contribution is 0.431. The molecule has 0 N–H and O–H groups in total. The van der Waals surface area contributed by atoms with E-state index < -0.39 is 7.65 Å². The van der Waals surface area contributed by atoms with Gasteiger partial charge < -0.3 is 4.52 Å². The van der Waals surface area contributed by atoms with Gasteiger partial charge in [-0.15, -0.1) is 0 Å². The molecule has 1 unspecified atom stereocenters. The molecule has 0 amide bonds. The van der Waals surface area contributed by atoms with Gasteiger partial charge in [-0.05, 0) is 25.3 Å². The van der Waals surface area contributed by atoms with E-state index in [1.165, 1.54) is 0 Å². The van der Waals surface area contributed by atoms with E-state index >= 15 is 0 Å². The first-order valence-electron chi connectivity index (χ1n) is 1.85. The number of hydrogen-bond acceptors (Lipinski definition) is 2. The third kappa shape index (κ3) is 3.24. The molecule has 2 nitrogen and oxygen atoms in total. The third-order valence-electron chi connectivity index (χ3n) is 0.465. The van der Waals surface area contributed by atoms with Gasteiger partial charge >= 0.3 is 0 Å². The second-order valence-electron chi connectivity index (χ2n) is 1.26. The molecular weight excluding hydrogens is 132 g/mol. The van der Waals surface area contributed by atoms with Crippen LogP contribution in [0.4, 0.5) is 0 Å². The zero-order valence-corrected chi connectivity index (χ0v) is 6.33. The Morgan fingerprint density at radius 1 is 1.57 bits per heavy atom. The van der Waals surface area contributed by atoms with Gasteiger partial charge in [-0.1, -0.05) is 0 Å². The highest BCUT2D eigenvalue weighted by molar-refractivity contribution is 7.78. The fourth-order valence-corrected chi connectivity index (χ4v) is 0.490. The molecule has 0 aliphatic rings. The molecule has 0 aromatic carbocycles. The number of halogens is 1. The molecule has 0 spiro atoms. The van der Waals surface area contributed by atoms with Crippen molar-refractivity contribution < 1.29 is 4.52 Å². The highest BCUT2D eigenvalue weighted by atomic mass is 35.7. The van der Waals surface area contributed by atoms with Crippen molar-refractivity contribution in [1.29, 1.82) is 0 Å². The van der Waals surface area contributed by atoms with Crippen molar-refractivity contribution in [3.63, 3.8) is 0 Å². The zero-order valence-electron chi connectivity index (χ0n) is 4.68. The topological polar surface area (TPSA) is 12.5 Å². The fraction of sp³-hybridized carbons (Fsp3) is 1.00. The summed E-state index contributed by atoms with van der Waals surface area (Å²) < 4.78 is 6.60. The van der Waals surface area contributed by atoms with Gasteiger partial charge in [0.05, 0.1) is 0 Å². The summed E-state index contributed by atoms with van der Waals surface area (Å²) >= 11 is 5.57. The Morgan fingerprint density at radius 3 is 2.00 bits per heavy atom. The monoisotopic (exact) mass is 141 g/mol. The fourth-order valence-electron chi connectivity index (χ4n) is 0.163. The summed E-state index contributed by atoms with van der Waals surface area (Å²) in [6, 6.07) is 0. The van der Waals surface area contributed by atoms with Crippen LogP contribution in [0.2, 0.25) is 0 Å². The normalized spacial score (nSPS) is 15.0. The molecular formula is C3H9ClNOP. The minimum atomic E-state index is -0.832. The standard InChI is InChI=1S/C3H9ClNOP/c1-5(2)7(4)6-3/h1-3H3. The smallest absolute Gasteiger partial charge is 0.205 e. The second-order valence-corrected chi connectivity index (χ2v) is 3.74. The van der Waals surface area contributed by atoms with Gasteiger partial charge in [-0.2, -0.15) is 0 Å². The number of hydrogen-bond donors (Lipinski definition) is 0. The van der Waals surface area contributed by atoms with Gasteiger partial charge in [0.25, 0.3) is 0 Å². The van der Waals surface area contributed by atoms with Crippen LogP contribution in [0.25, 0.3) is 0 Å². The van der Waals surface area contributed by atoms with Crippen LogP contribution in [0.3, 0.4) is 0 Å². The van der Waals surface area contributed by atoms with E-state index in [-0.39, 0.29) is 0 Å². The molecule has 0 rings (SSSR count). The highest BCUT2D eigenvalue weighted by Gasteiger charge is 2.02. The van der Waals surface area contributed by atoms with Crippen LogP contribution < -0.4 is 0 Å².